The average molecular weight is 286 g/mol. The highest BCUT2D eigenvalue weighted by atomic mass is 19.1. The third-order valence-corrected chi connectivity index (χ3v) is 3.38. The van der Waals surface area contributed by atoms with Crippen LogP contribution < -0.4 is 10.6 Å². The summed E-state index contributed by atoms with van der Waals surface area (Å²) < 4.78 is 14.2. The molecule has 0 heterocycles. The number of benzene rings is 2. The van der Waals surface area contributed by atoms with Crippen molar-refractivity contribution >= 4 is 17.3 Å². The van der Waals surface area contributed by atoms with Crippen LogP contribution in [0.15, 0.2) is 36.4 Å². The molecule has 0 aliphatic heterocycles. The molecule has 2 N–H and O–H groups in total. The summed E-state index contributed by atoms with van der Waals surface area (Å²) >= 11 is 0. The van der Waals surface area contributed by atoms with Crippen LogP contribution in [0.4, 0.5) is 15.8 Å². The predicted molar refractivity (Wildman–Crippen MR) is 84.1 cm³/mol. The minimum atomic E-state index is -0.514. The third kappa shape index (κ3) is 3.05. The van der Waals surface area contributed by atoms with Crippen LogP contribution >= 0.6 is 0 Å². The number of carbonyl (C=O) groups is 1. The van der Waals surface area contributed by atoms with E-state index >= 15 is 0 Å². The molecule has 0 spiro atoms. The molecule has 2 aromatic rings. The fourth-order valence-corrected chi connectivity index (χ4v) is 2.34. The number of hydrogen-bond donors (Lipinski definition) is 1. The summed E-state index contributed by atoms with van der Waals surface area (Å²) in [4.78, 5) is 14.2. The van der Waals surface area contributed by atoms with Crippen molar-refractivity contribution in [2.45, 2.75) is 20.8 Å². The number of nitrogens with zero attached hydrogens (tertiary/aromatic N) is 1. The van der Waals surface area contributed by atoms with Crippen LogP contribution in [0.5, 0.6) is 0 Å². The molecule has 2 rings (SSSR count). The second kappa shape index (κ2) is 5.95. The van der Waals surface area contributed by atoms with E-state index in [-0.39, 0.29) is 11.5 Å². The second-order valence-electron chi connectivity index (χ2n) is 5.09. The largest absolute Gasteiger partial charge is 0.399 e. The van der Waals surface area contributed by atoms with E-state index in [0.29, 0.717) is 17.8 Å². The topological polar surface area (TPSA) is 46.3 Å². The molecule has 0 aromatic heterocycles. The highest BCUT2D eigenvalue weighted by Crippen LogP contribution is 2.23. The van der Waals surface area contributed by atoms with E-state index in [2.05, 4.69) is 0 Å². The van der Waals surface area contributed by atoms with Crippen molar-refractivity contribution < 1.29 is 9.18 Å². The van der Waals surface area contributed by atoms with Gasteiger partial charge in [0.1, 0.15) is 5.82 Å². The third-order valence-electron chi connectivity index (χ3n) is 3.38. The smallest absolute Gasteiger partial charge is 0.261 e. The monoisotopic (exact) mass is 286 g/mol. The van der Waals surface area contributed by atoms with Gasteiger partial charge in [0.25, 0.3) is 5.91 Å². The van der Waals surface area contributed by atoms with Gasteiger partial charge >= 0.3 is 0 Å². The summed E-state index contributed by atoms with van der Waals surface area (Å²) in [5, 5.41) is 0. The number of halogens is 1. The molecular weight excluding hydrogens is 267 g/mol. The van der Waals surface area contributed by atoms with Crippen molar-refractivity contribution in [1.29, 1.82) is 0 Å². The van der Waals surface area contributed by atoms with Crippen LogP contribution in [0.25, 0.3) is 0 Å². The van der Waals surface area contributed by atoms with Crippen molar-refractivity contribution in [1.82, 2.24) is 0 Å². The Morgan fingerprint density at radius 3 is 2.57 bits per heavy atom. The van der Waals surface area contributed by atoms with Gasteiger partial charge in [-0.25, -0.2) is 4.39 Å². The predicted octanol–water partition coefficient (Wildman–Crippen LogP) is 3.69. The van der Waals surface area contributed by atoms with Crippen molar-refractivity contribution in [3.8, 4) is 0 Å². The van der Waals surface area contributed by atoms with Crippen LogP contribution in [0, 0.1) is 19.7 Å². The van der Waals surface area contributed by atoms with Gasteiger partial charge < -0.3 is 10.6 Å². The zero-order valence-electron chi connectivity index (χ0n) is 12.5. The maximum absolute atomic E-state index is 14.2. The van der Waals surface area contributed by atoms with Gasteiger partial charge in [-0.05, 0) is 56.2 Å². The maximum atomic E-state index is 14.2. The number of hydrogen-bond acceptors (Lipinski definition) is 2. The van der Waals surface area contributed by atoms with Crippen LogP contribution in [0.2, 0.25) is 0 Å². The lowest BCUT2D eigenvalue weighted by molar-refractivity contribution is 0.0984. The maximum Gasteiger partial charge on any atom is 0.261 e. The summed E-state index contributed by atoms with van der Waals surface area (Å²) in [5.41, 5.74) is 8.30. The number of aryl methyl sites for hydroxylation is 2. The Hall–Kier alpha value is -2.36. The summed E-state index contributed by atoms with van der Waals surface area (Å²) in [6.07, 6.45) is 0. The van der Waals surface area contributed by atoms with E-state index in [0.717, 1.165) is 11.3 Å². The van der Waals surface area contributed by atoms with Gasteiger partial charge in [-0.2, -0.15) is 0 Å². The SMILES string of the molecule is CCN(C(=O)c1cc(N)cc(C)c1F)c1cccc(C)c1. The van der Waals surface area contributed by atoms with E-state index in [9.17, 15) is 9.18 Å². The minimum Gasteiger partial charge on any atom is -0.399 e. The van der Waals surface area contributed by atoms with Crippen molar-refractivity contribution in [3.63, 3.8) is 0 Å². The molecule has 0 unspecified atom stereocenters. The van der Waals surface area contributed by atoms with Crippen LogP contribution in [0.1, 0.15) is 28.4 Å². The number of anilines is 2. The van der Waals surface area contributed by atoms with Gasteiger partial charge in [0.2, 0.25) is 0 Å². The molecule has 3 nitrogen and oxygen atoms in total. The summed E-state index contributed by atoms with van der Waals surface area (Å²) in [7, 11) is 0. The first-order valence-electron chi connectivity index (χ1n) is 6.88. The summed E-state index contributed by atoms with van der Waals surface area (Å²) in [6.45, 7) is 5.87. The highest BCUT2D eigenvalue weighted by molar-refractivity contribution is 6.06. The first-order chi connectivity index (χ1) is 9.93. The van der Waals surface area contributed by atoms with Gasteiger partial charge in [0.05, 0.1) is 5.56 Å². The molecule has 0 radical (unpaired) electrons. The Morgan fingerprint density at radius 1 is 1.24 bits per heavy atom. The Balaban J connectivity index is 2.46. The van der Waals surface area contributed by atoms with E-state index in [1.807, 2.05) is 38.1 Å². The lowest BCUT2D eigenvalue weighted by Gasteiger charge is -2.22. The Kier molecular flexibility index (Phi) is 4.26. The Morgan fingerprint density at radius 2 is 1.95 bits per heavy atom. The lowest BCUT2D eigenvalue weighted by atomic mass is 10.1. The molecule has 0 bridgehead atoms. The first-order valence-corrected chi connectivity index (χ1v) is 6.88. The highest BCUT2D eigenvalue weighted by Gasteiger charge is 2.21. The minimum absolute atomic E-state index is 0.0101. The molecule has 110 valence electrons. The van der Waals surface area contributed by atoms with Crippen molar-refractivity contribution in [3.05, 3.63) is 58.9 Å². The van der Waals surface area contributed by atoms with E-state index < -0.39 is 5.82 Å². The van der Waals surface area contributed by atoms with Crippen molar-refractivity contribution in [2.75, 3.05) is 17.2 Å². The molecule has 4 heteroatoms. The quantitative estimate of drug-likeness (QED) is 0.875. The van der Waals surface area contributed by atoms with E-state index in [1.165, 1.54) is 12.1 Å². The molecule has 0 aliphatic rings. The number of carbonyl (C=O) groups excluding carboxylic acids is 1. The molecular formula is C17H19FN2O. The zero-order valence-corrected chi connectivity index (χ0v) is 12.5. The van der Waals surface area contributed by atoms with Gasteiger partial charge in [-0.1, -0.05) is 12.1 Å². The fourth-order valence-electron chi connectivity index (χ4n) is 2.34. The van der Waals surface area contributed by atoms with Crippen LogP contribution in [-0.4, -0.2) is 12.5 Å². The van der Waals surface area contributed by atoms with Gasteiger partial charge in [-0.15, -0.1) is 0 Å². The molecule has 0 fully saturated rings. The molecule has 0 aliphatic carbocycles. The summed E-state index contributed by atoms with van der Waals surface area (Å²) in [5.74, 6) is -0.892. The molecule has 0 saturated carbocycles. The average Bonchev–Trinajstić information content (AvgIpc) is 2.43. The number of nitrogen functional groups attached to an aromatic ring is 1. The molecule has 21 heavy (non-hydrogen) atoms. The number of amides is 1. The standard InChI is InChI=1S/C17H19FN2O/c1-4-20(14-7-5-6-11(2)8-14)17(21)15-10-13(19)9-12(3)16(15)18/h5-10H,4,19H2,1-3H3. The van der Waals surface area contributed by atoms with Crippen LogP contribution in [0.3, 0.4) is 0 Å². The first kappa shape index (κ1) is 15.0. The lowest BCUT2D eigenvalue weighted by Crippen LogP contribution is -2.31. The second-order valence-corrected chi connectivity index (χ2v) is 5.09. The van der Waals surface area contributed by atoms with Gasteiger partial charge in [0, 0.05) is 17.9 Å². The molecule has 0 atom stereocenters. The molecule has 2 aromatic carbocycles. The van der Waals surface area contributed by atoms with E-state index in [1.54, 1.807) is 11.8 Å². The van der Waals surface area contributed by atoms with E-state index in [4.69, 9.17) is 5.73 Å². The summed E-state index contributed by atoms with van der Waals surface area (Å²) in [6, 6.07) is 10.5. The Labute approximate surface area is 124 Å². The normalized spacial score (nSPS) is 10.5. The van der Waals surface area contributed by atoms with Gasteiger partial charge in [0.15, 0.2) is 0 Å². The number of nitrogens with two attached hydrogens (primary N) is 1. The molecule has 1 amide bonds. The fraction of sp³-hybridized carbons (Fsp3) is 0.235. The molecule has 0 saturated heterocycles. The van der Waals surface area contributed by atoms with Crippen LogP contribution in [-0.2, 0) is 0 Å². The number of rotatable bonds is 3. The van der Waals surface area contributed by atoms with Gasteiger partial charge in [-0.3, -0.25) is 4.79 Å². The zero-order chi connectivity index (χ0) is 15.6. The Bertz CT molecular complexity index is 682. The van der Waals surface area contributed by atoms with Crippen molar-refractivity contribution in [2.24, 2.45) is 0 Å².